The Labute approximate surface area is 677 Å². The number of likely N-dealkylation sites (N-methyl/N-ethyl adjacent to an activating group) is 1. The van der Waals surface area contributed by atoms with Crippen LogP contribution in [0.3, 0.4) is 0 Å². The summed E-state index contributed by atoms with van der Waals surface area (Å²) in [5, 5.41) is 74.0. The third-order valence-electron chi connectivity index (χ3n) is 18.8. The van der Waals surface area contributed by atoms with Crippen LogP contribution in [0.2, 0.25) is 0 Å². The number of carbonyl (C=O) groups excluding carboxylic acids is 14. The lowest BCUT2D eigenvalue weighted by Crippen LogP contribution is -2.61. The van der Waals surface area contributed by atoms with E-state index >= 15 is 9.59 Å². The van der Waals surface area contributed by atoms with Crippen LogP contribution in [-0.2, 0) is 106 Å². The number of guanidine groups is 2. The molecule has 0 radical (unpaired) electrons. The Kier molecular flexibility index (Phi) is 35.5. The molecule has 14 amide bonds. The topological polar surface area (TPSA) is 623 Å². The number of hydrogen-bond donors (Lipinski definition) is 22. The molecule has 4 aromatic carbocycles. The summed E-state index contributed by atoms with van der Waals surface area (Å²) in [6.07, 6.45) is 3.81. The maximum absolute atomic E-state index is 15.0. The SMILES string of the molecule is CC[C@@H]1NC(=O)[C@H](Cc2ccccc2)NC(=O)CSC[C@@H](C(=O)NCC(N)=O)NC(=O)[C@H](Cc2cncn2C)NC(=O)[C@H](CCCNC(=N)N)NC(=O)[C@H](C)NC(=O)[C@H](Cc2ccc(O)cc2)N(C)C(=O)[C@H](CCCNC(=N)N)NC(=O)[C@H](CO)NC(=O)CNC(=O)[C@H](Cc2c[nH]cn2)NC(=O)[C@H](Cc2cccc3ccccc23)NC1=O. The van der Waals surface area contributed by atoms with Gasteiger partial charge in [0, 0.05) is 83.1 Å². The maximum Gasteiger partial charge on any atom is 0.245 e. The van der Waals surface area contributed by atoms with E-state index in [9.17, 15) is 67.7 Å². The molecule has 41 heteroatoms. The van der Waals surface area contributed by atoms with Crippen molar-refractivity contribution in [3.63, 3.8) is 0 Å². The first-order valence-electron chi connectivity index (χ1n) is 37.6. The molecule has 0 aliphatic carbocycles. The lowest BCUT2D eigenvalue weighted by Gasteiger charge is -2.32. The Morgan fingerprint density at radius 1 is 0.573 bits per heavy atom. The lowest BCUT2D eigenvalue weighted by atomic mass is 9.97. The quantitative estimate of drug-likeness (QED) is 0.0162. The fourth-order valence-electron chi connectivity index (χ4n) is 12.4. The van der Waals surface area contributed by atoms with Gasteiger partial charge in [0.1, 0.15) is 72.2 Å². The zero-order valence-corrected chi connectivity index (χ0v) is 65.8. The monoisotopic (exact) mass is 1640 g/mol. The van der Waals surface area contributed by atoms with Crippen LogP contribution in [0.15, 0.2) is 122 Å². The van der Waals surface area contributed by atoms with Gasteiger partial charge >= 0.3 is 0 Å². The van der Waals surface area contributed by atoms with Gasteiger partial charge in [-0.1, -0.05) is 91.9 Å². The fourth-order valence-corrected chi connectivity index (χ4v) is 13.3. The van der Waals surface area contributed by atoms with Crippen LogP contribution in [0.1, 0.15) is 74.0 Å². The molecule has 40 nitrogen and oxygen atoms in total. The van der Waals surface area contributed by atoms with Gasteiger partial charge in [-0.25, -0.2) is 9.97 Å². The molecule has 0 unspecified atom stereocenters. The number of phenolic OH excluding ortho intramolecular Hbond substituents is 1. The minimum absolute atomic E-state index is 0.00882. The fraction of sp³-hybridized carbons (Fsp3) is 0.421. The van der Waals surface area contributed by atoms with Gasteiger partial charge in [-0.15, -0.1) is 11.8 Å². The van der Waals surface area contributed by atoms with Crippen molar-refractivity contribution in [1.29, 1.82) is 10.8 Å². The number of aromatic amines is 1. The molecule has 7 rings (SSSR count). The predicted molar refractivity (Wildman–Crippen MR) is 429 cm³/mol. The number of imidazole rings is 2. The van der Waals surface area contributed by atoms with Crippen molar-refractivity contribution in [1.82, 2.24) is 98.9 Å². The number of thioether (sulfide) groups is 1. The molecular formula is C76H102N24O16S. The number of aromatic hydroxyl groups is 1. The van der Waals surface area contributed by atoms with Crippen molar-refractivity contribution >= 4 is 117 Å². The Bertz CT molecular complexity index is 4470. The molecule has 0 bridgehead atoms. The summed E-state index contributed by atoms with van der Waals surface area (Å²) in [6, 6.07) is 9.43. The van der Waals surface area contributed by atoms with Crippen molar-refractivity contribution in [2.24, 2.45) is 24.2 Å². The molecular weight excluding hydrogens is 1540 g/mol. The van der Waals surface area contributed by atoms with Crippen LogP contribution >= 0.6 is 11.8 Å². The number of amides is 14. The molecule has 6 aromatic rings. The molecule has 0 spiro atoms. The number of hydrogen-bond acceptors (Lipinski definition) is 21. The van der Waals surface area contributed by atoms with Crippen LogP contribution in [-0.4, -0.2) is 247 Å². The van der Waals surface area contributed by atoms with Crippen molar-refractivity contribution < 1.29 is 77.3 Å². The second-order valence-corrected chi connectivity index (χ2v) is 28.7. The number of aryl methyl sites for hydroxylation is 1. The molecule has 628 valence electrons. The van der Waals surface area contributed by atoms with Gasteiger partial charge in [0.05, 0.1) is 43.8 Å². The number of H-pyrrole nitrogens is 1. The number of fused-ring (bicyclic) bond motifs is 1. The smallest absolute Gasteiger partial charge is 0.245 e. The Hall–Kier alpha value is -13.2. The normalized spacial score (nSPS) is 22.2. The number of rotatable bonds is 23. The highest BCUT2D eigenvalue weighted by atomic mass is 32.2. The highest BCUT2D eigenvalue weighted by molar-refractivity contribution is 8.00. The lowest BCUT2D eigenvalue weighted by molar-refractivity contribution is -0.143. The van der Waals surface area contributed by atoms with Crippen molar-refractivity contribution in [3.8, 4) is 5.75 Å². The first-order valence-corrected chi connectivity index (χ1v) is 38.7. The zero-order chi connectivity index (χ0) is 85.3. The molecule has 0 saturated carbocycles. The third-order valence-corrected chi connectivity index (χ3v) is 19.8. The predicted octanol–water partition coefficient (Wildman–Crippen LogP) is -5.40. The van der Waals surface area contributed by atoms with E-state index in [1.807, 2.05) is 18.2 Å². The van der Waals surface area contributed by atoms with Crippen molar-refractivity contribution in [2.75, 3.05) is 51.3 Å². The second kappa shape index (κ2) is 45.6. The van der Waals surface area contributed by atoms with E-state index in [0.29, 0.717) is 27.8 Å². The highest BCUT2D eigenvalue weighted by Crippen LogP contribution is 2.22. The van der Waals surface area contributed by atoms with Crippen LogP contribution in [0.4, 0.5) is 0 Å². The van der Waals surface area contributed by atoms with Gasteiger partial charge in [0.2, 0.25) is 82.7 Å². The van der Waals surface area contributed by atoms with Crippen LogP contribution in [0, 0.1) is 10.8 Å². The summed E-state index contributed by atoms with van der Waals surface area (Å²) in [6.45, 7) is 0.122. The number of primary amides is 1. The summed E-state index contributed by atoms with van der Waals surface area (Å²) in [7, 11) is 2.81. The van der Waals surface area contributed by atoms with Crippen molar-refractivity contribution in [3.05, 3.63) is 150 Å². The van der Waals surface area contributed by atoms with Gasteiger partial charge in [-0.3, -0.25) is 77.9 Å². The Morgan fingerprint density at radius 3 is 1.75 bits per heavy atom. The molecule has 1 aliphatic rings. The van der Waals surface area contributed by atoms with Gasteiger partial charge in [0.15, 0.2) is 11.9 Å². The highest BCUT2D eigenvalue weighted by Gasteiger charge is 2.38. The van der Waals surface area contributed by atoms with Gasteiger partial charge in [0.25, 0.3) is 0 Å². The van der Waals surface area contributed by atoms with E-state index < -0.39 is 192 Å². The summed E-state index contributed by atoms with van der Waals surface area (Å²) in [5.74, 6) is -15.3. The minimum atomic E-state index is -1.83. The van der Waals surface area contributed by atoms with E-state index in [2.05, 4.69) is 89.4 Å². The number of benzene rings is 4. The number of carbonyl (C=O) groups is 14. The molecule has 3 heterocycles. The van der Waals surface area contributed by atoms with Crippen LogP contribution in [0.5, 0.6) is 5.75 Å². The van der Waals surface area contributed by atoms with Crippen LogP contribution < -0.4 is 91.6 Å². The standard InChI is InChI=1S/C76H102N24O16S/c1-5-51-67(109)95-55(30-46-18-11-17-45-16-9-10-19-50(45)46)70(112)96-56(31-47-33-82-40-88-47)65(107)87-36-62(104)91-58(37-101)72(114)94-53(21-13-27-85-76(80)81)74(116)100(4)60(29-44-22-24-49(102)25-23-44)73(115)89-42(2)64(106)93-52(20-12-26-84-75(78)79)68(110)97-57(32-48-34-83-41-99(48)3)71(113)98-59(66(108)86-35-61(77)103)38-117-39-63(105)90-54(69(111)92-51)28-43-14-7-6-8-15-43/h6-11,14-19,22-25,33-34,40-42,51-60,101-102H,5,12-13,20-21,26-32,35-39H2,1-4H3,(H2,77,103)(H,82,88)(H,86,108)(H,87,107)(H,89,115)(H,90,105)(H,91,104)(H,92,111)(H,93,106)(H,94,114)(H,95,109)(H,96,112)(H,97,110)(H,98,113)(H4,78,79,84)(H4,80,81,85)/t42-,51-,52-,53-,54-,55-,56-,57-,58-,59-,60-/m0/s1. The van der Waals surface area contributed by atoms with E-state index in [1.165, 1.54) is 67.9 Å². The largest absolute Gasteiger partial charge is 0.508 e. The number of nitrogens with zero attached hydrogens (tertiary/aromatic N) is 4. The summed E-state index contributed by atoms with van der Waals surface area (Å²) in [5.41, 5.74) is 18.7. The number of nitrogens with one attached hydrogen (secondary N) is 17. The molecule has 11 atom stereocenters. The van der Waals surface area contributed by atoms with Gasteiger partial charge in [-0.2, -0.15) is 0 Å². The van der Waals surface area contributed by atoms with Crippen molar-refractivity contribution in [2.45, 2.75) is 145 Å². The first-order chi connectivity index (χ1) is 55.9. The number of phenols is 1. The Morgan fingerprint density at radius 2 is 1.13 bits per heavy atom. The number of aromatic nitrogens is 4. The summed E-state index contributed by atoms with van der Waals surface area (Å²) < 4.78 is 1.53. The third kappa shape index (κ3) is 29.3. The molecule has 2 aromatic heterocycles. The van der Waals surface area contributed by atoms with Crippen LogP contribution in [0.25, 0.3) is 10.8 Å². The number of aliphatic hydroxyl groups is 1. The molecule has 1 fully saturated rings. The molecule has 1 saturated heterocycles. The average molecular weight is 1640 g/mol. The number of nitrogens with two attached hydrogens (primary N) is 3. The Balaban J connectivity index is 1.28. The summed E-state index contributed by atoms with van der Waals surface area (Å²) >= 11 is 0.802. The molecule has 25 N–H and O–H groups in total. The van der Waals surface area contributed by atoms with E-state index in [-0.39, 0.29) is 88.7 Å². The van der Waals surface area contributed by atoms with Gasteiger partial charge < -0.3 is 116 Å². The second-order valence-electron chi connectivity index (χ2n) is 27.7. The first kappa shape index (κ1) is 91.0. The van der Waals surface area contributed by atoms with E-state index in [4.69, 9.17) is 28.0 Å². The average Bonchev–Trinajstić information content (AvgIpc) is 1.63. The van der Waals surface area contributed by atoms with E-state index in [1.54, 1.807) is 68.6 Å². The maximum atomic E-state index is 15.0. The minimum Gasteiger partial charge on any atom is -0.508 e. The summed E-state index contributed by atoms with van der Waals surface area (Å²) in [4.78, 5) is 214. The van der Waals surface area contributed by atoms with Gasteiger partial charge in [-0.05, 0) is 78.6 Å². The van der Waals surface area contributed by atoms with E-state index in [0.717, 1.165) is 22.0 Å². The molecule has 117 heavy (non-hydrogen) atoms. The molecule has 1 aliphatic heterocycles. The number of aliphatic hydroxyl groups excluding tert-OH is 1. The zero-order valence-electron chi connectivity index (χ0n) is 65.0.